The molecule has 8 nitrogen and oxygen atoms in total. The Labute approximate surface area is 235 Å². The Bertz CT molecular complexity index is 1220. The molecule has 2 amide bonds. The molecule has 0 aliphatic rings. The maximum atomic E-state index is 14.4. The van der Waals surface area contributed by atoms with E-state index in [1.807, 2.05) is 74.5 Å². The molecule has 3 aromatic rings. The number of phenolic OH excluding ortho intramolecular Hbond substituents is 1. The maximum Gasteiger partial charge on any atom is 0.328 e. The lowest BCUT2D eigenvalue weighted by atomic mass is 9.88. The maximum absolute atomic E-state index is 14.4. The fourth-order valence-electron chi connectivity index (χ4n) is 4.67. The number of nitrogens with two attached hydrogens (primary N) is 1. The van der Waals surface area contributed by atoms with Crippen molar-refractivity contribution in [1.82, 2.24) is 4.90 Å². The number of nitrogens with zero attached hydrogens (tertiary/aromatic N) is 1. The Balaban J connectivity index is 1.94. The third kappa shape index (κ3) is 8.09. The van der Waals surface area contributed by atoms with E-state index < -0.39 is 17.9 Å². The van der Waals surface area contributed by atoms with Crippen LogP contribution in [0.5, 0.6) is 11.5 Å². The summed E-state index contributed by atoms with van der Waals surface area (Å²) in [5.41, 5.74) is 7.21. The first-order valence-corrected chi connectivity index (χ1v) is 13.4. The number of amides is 2. The van der Waals surface area contributed by atoms with Crippen molar-refractivity contribution in [3.63, 3.8) is 0 Å². The van der Waals surface area contributed by atoms with Gasteiger partial charge in [0.1, 0.15) is 17.5 Å². The number of rotatable bonds is 14. The molecule has 0 aliphatic carbocycles. The number of aromatic hydroxyl groups is 1. The van der Waals surface area contributed by atoms with Crippen molar-refractivity contribution >= 4 is 17.8 Å². The average molecular weight is 547 g/mol. The number of carbonyl (C=O) groups is 3. The van der Waals surface area contributed by atoms with Crippen LogP contribution in [-0.4, -0.2) is 47.5 Å². The molecule has 3 rings (SSSR count). The van der Waals surface area contributed by atoms with Crippen molar-refractivity contribution in [2.75, 3.05) is 13.7 Å². The van der Waals surface area contributed by atoms with Gasteiger partial charge in [0.15, 0.2) is 0 Å². The zero-order valence-electron chi connectivity index (χ0n) is 23.3. The molecule has 0 heterocycles. The monoisotopic (exact) mass is 546 g/mol. The molecule has 3 N–H and O–H groups in total. The van der Waals surface area contributed by atoms with Crippen LogP contribution in [0.15, 0.2) is 78.9 Å². The number of hydrogen-bond acceptors (Lipinski definition) is 6. The largest absolute Gasteiger partial charge is 0.507 e. The lowest BCUT2D eigenvalue weighted by Crippen LogP contribution is -2.50. The number of phenols is 1. The van der Waals surface area contributed by atoms with Gasteiger partial charge in [-0.25, -0.2) is 4.79 Å². The second kappa shape index (κ2) is 14.7. The van der Waals surface area contributed by atoms with E-state index in [2.05, 4.69) is 0 Å². The van der Waals surface area contributed by atoms with E-state index in [-0.39, 0.29) is 30.0 Å². The lowest BCUT2D eigenvalue weighted by Gasteiger charge is -2.35. The first kappa shape index (κ1) is 30.2. The molecule has 8 heteroatoms. The average Bonchev–Trinajstić information content (AvgIpc) is 2.94. The summed E-state index contributed by atoms with van der Waals surface area (Å²) in [7, 11) is 1.30. The van der Waals surface area contributed by atoms with E-state index in [0.29, 0.717) is 37.2 Å². The Morgan fingerprint density at radius 2 is 1.50 bits per heavy atom. The zero-order valence-corrected chi connectivity index (χ0v) is 23.3. The second-order valence-corrected chi connectivity index (χ2v) is 9.99. The molecule has 0 saturated carbocycles. The van der Waals surface area contributed by atoms with E-state index in [1.165, 1.54) is 18.1 Å². The fraction of sp³-hybridized carbons (Fsp3) is 0.344. The van der Waals surface area contributed by atoms with E-state index in [9.17, 15) is 19.5 Å². The molecule has 0 aromatic heterocycles. The van der Waals surface area contributed by atoms with E-state index in [4.69, 9.17) is 15.2 Å². The fourth-order valence-corrected chi connectivity index (χ4v) is 4.67. The van der Waals surface area contributed by atoms with E-state index in [1.54, 1.807) is 12.1 Å². The standard InChI is InChI=1S/C32H38N2O6/c1-22(2)30(32(38)39-3)34(21-25-17-18-26(20-27(25)35)40-19-11-10-16-28(33)36)31(37)29(23-12-6-4-7-13-23)24-14-8-5-9-15-24/h4-9,12-15,17-18,20,22,29-30,35H,10-11,16,19,21H2,1-3H3,(H2,33,36)/t30-/m0/s1. The highest BCUT2D eigenvalue weighted by atomic mass is 16.5. The molecule has 0 unspecified atom stereocenters. The summed E-state index contributed by atoms with van der Waals surface area (Å²) in [5, 5.41) is 10.9. The molecular formula is C32H38N2O6. The van der Waals surface area contributed by atoms with Gasteiger partial charge in [-0.2, -0.15) is 0 Å². The van der Waals surface area contributed by atoms with Gasteiger partial charge < -0.3 is 25.2 Å². The van der Waals surface area contributed by atoms with Crippen molar-refractivity contribution in [1.29, 1.82) is 0 Å². The number of esters is 1. The third-order valence-electron chi connectivity index (χ3n) is 6.69. The van der Waals surface area contributed by atoms with Crippen LogP contribution in [0.2, 0.25) is 0 Å². The molecule has 3 aromatic carbocycles. The molecule has 0 spiro atoms. The van der Waals surface area contributed by atoms with Gasteiger partial charge in [0.2, 0.25) is 11.8 Å². The second-order valence-electron chi connectivity index (χ2n) is 9.99. The minimum absolute atomic E-state index is 0.0162. The molecule has 1 atom stereocenters. The van der Waals surface area contributed by atoms with Gasteiger partial charge in [0.25, 0.3) is 0 Å². The number of carbonyl (C=O) groups excluding carboxylic acids is 3. The molecule has 0 saturated heterocycles. The van der Waals surface area contributed by atoms with E-state index >= 15 is 0 Å². The molecule has 0 radical (unpaired) electrons. The van der Waals surface area contributed by atoms with Crippen LogP contribution in [0.4, 0.5) is 0 Å². The van der Waals surface area contributed by atoms with Gasteiger partial charge in [-0.3, -0.25) is 9.59 Å². The highest BCUT2D eigenvalue weighted by molar-refractivity contribution is 5.91. The highest BCUT2D eigenvalue weighted by Crippen LogP contribution is 2.32. The lowest BCUT2D eigenvalue weighted by molar-refractivity contribution is -0.155. The normalized spacial score (nSPS) is 11.7. The van der Waals surface area contributed by atoms with Crippen LogP contribution < -0.4 is 10.5 Å². The summed E-state index contributed by atoms with van der Waals surface area (Å²) < 4.78 is 10.8. The Morgan fingerprint density at radius 3 is 2.00 bits per heavy atom. The summed E-state index contributed by atoms with van der Waals surface area (Å²) >= 11 is 0. The molecule has 0 fully saturated rings. The first-order chi connectivity index (χ1) is 19.2. The minimum atomic E-state index is -0.881. The molecule has 0 aliphatic heterocycles. The number of primary amides is 1. The van der Waals surface area contributed by atoms with Gasteiger partial charge >= 0.3 is 5.97 Å². The first-order valence-electron chi connectivity index (χ1n) is 13.4. The number of benzene rings is 3. The summed E-state index contributed by atoms with van der Waals surface area (Å²) in [6.45, 7) is 4.07. The Kier molecular flexibility index (Phi) is 11.1. The van der Waals surface area contributed by atoms with Crippen molar-refractivity contribution in [3.8, 4) is 11.5 Å². The van der Waals surface area contributed by atoms with Crippen molar-refractivity contribution in [2.24, 2.45) is 11.7 Å². The van der Waals surface area contributed by atoms with Crippen LogP contribution in [0.1, 0.15) is 55.7 Å². The molecule has 40 heavy (non-hydrogen) atoms. The number of methoxy groups -OCH3 is 1. The zero-order chi connectivity index (χ0) is 29.1. The molecule has 212 valence electrons. The van der Waals surface area contributed by atoms with E-state index in [0.717, 1.165) is 11.1 Å². The third-order valence-corrected chi connectivity index (χ3v) is 6.69. The summed E-state index contributed by atoms with van der Waals surface area (Å²) in [6, 6.07) is 22.8. The predicted octanol–water partition coefficient (Wildman–Crippen LogP) is 4.78. The van der Waals surface area contributed by atoms with Gasteiger partial charge in [0.05, 0.1) is 26.2 Å². The Morgan fingerprint density at radius 1 is 0.900 bits per heavy atom. The highest BCUT2D eigenvalue weighted by Gasteiger charge is 2.38. The minimum Gasteiger partial charge on any atom is -0.507 e. The SMILES string of the molecule is COC(=O)[C@H](C(C)C)N(Cc1ccc(OCCCCC(N)=O)cc1O)C(=O)C(c1ccccc1)c1ccccc1. The summed E-state index contributed by atoms with van der Waals surface area (Å²) in [4.78, 5) is 39.8. The number of ether oxygens (including phenoxy) is 2. The molecule has 0 bridgehead atoms. The number of unbranched alkanes of at least 4 members (excludes halogenated alkanes) is 1. The summed E-state index contributed by atoms with van der Waals surface area (Å²) in [6.07, 6.45) is 1.55. The number of hydrogen-bond donors (Lipinski definition) is 2. The summed E-state index contributed by atoms with van der Waals surface area (Å²) in [5.74, 6) is -1.69. The van der Waals surface area contributed by atoms with Gasteiger partial charge in [-0.05, 0) is 42.0 Å². The van der Waals surface area contributed by atoms with Gasteiger partial charge in [-0.15, -0.1) is 0 Å². The smallest absolute Gasteiger partial charge is 0.328 e. The van der Waals surface area contributed by atoms with Gasteiger partial charge in [0, 0.05) is 18.1 Å². The topological polar surface area (TPSA) is 119 Å². The predicted molar refractivity (Wildman–Crippen MR) is 153 cm³/mol. The van der Waals surface area contributed by atoms with Crippen LogP contribution in [0.3, 0.4) is 0 Å². The van der Waals surface area contributed by atoms with Crippen molar-refractivity contribution in [3.05, 3.63) is 95.6 Å². The van der Waals surface area contributed by atoms with Crippen LogP contribution in [-0.2, 0) is 25.7 Å². The Hall–Kier alpha value is -4.33. The quantitative estimate of drug-likeness (QED) is 0.222. The van der Waals surface area contributed by atoms with Crippen molar-refractivity contribution in [2.45, 2.75) is 51.6 Å². The van der Waals surface area contributed by atoms with Crippen LogP contribution in [0, 0.1) is 5.92 Å². The molecular weight excluding hydrogens is 508 g/mol. The van der Waals surface area contributed by atoms with Crippen molar-refractivity contribution < 1.29 is 29.0 Å². The van der Waals surface area contributed by atoms with Crippen LogP contribution in [0.25, 0.3) is 0 Å². The van der Waals surface area contributed by atoms with Gasteiger partial charge in [-0.1, -0.05) is 74.5 Å². The van der Waals surface area contributed by atoms with Crippen LogP contribution >= 0.6 is 0 Å².